The Hall–Kier alpha value is -2.69. The zero-order chi connectivity index (χ0) is 20.1. The van der Waals surface area contributed by atoms with E-state index in [0.717, 1.165) is 31.7 Å². The van der Waals surface area contributed by atoms with Crippen LogP contribution >= 0.6 is 0 Å². The minimum absolute atomic E-state index is 0.155. The number of carbonyl (C=O) groups excluding carboxylic acids is 1. The first kappa shape index (κ1) is 20.1. The highest BCUT2D eigenvalue weighted by Gasteiger charge is 2.22. The molecule has 0 bridgehead atoms. The van der Waals surface area contributed by atoms with Crippen LogP contribution in [0, 0.1) is 0 Å². The van der Waals surface area contributed by atoms with E-state index in [1.807, 2.05) is 23.1 Å². The molecule has 1 aliphatic rings. The third kappa shape index (κ3) is 4.58. The standard InChI is InChI=1S/C23H30N2O3/c1-17(2)19-6-8-20(9-7-19)24-11-13-25(14-12-24)23(26)16-18-5-10-21(27-3)22(15-18)28-4/h5-10,15,17H,11-14,16H2,1-4H3. The fourth-order valence-electron chi connectivity index (χ4n) is 3.56. The van der Waals surface area contributed by atoms with Gasteiger partial charge in [0, 0.05) is 31.9 Å². The molecular weight excluding hydrogens is 352 g/mol. The van der Waals surface area contributed by atoms with Gasteiger partial charge in [0.15, 0.2) is 11.5 Å². The number of nitrogens with zero attached hydrogens (tertiary/aromatic N) is 2. The molecule has 2 aromatic rings. The molecule has 0 radical (unpaired) electrons. The maximum absolute atomic E-state index is 12.7. The third-order valence-corrected chi connectivity index (χ3v) is 5.36. The van der Waals surface area contributed by atoms with Crippen LogP contribution in [0.2, 0.25) is 0 Å². The first-order chi connectivity index (χ1) is 13.5. The molecule has 1 aliphatic heterocycles. The molecule has 3 rings (SSSR count). The van der Waals surface area contributed by atoms with Crippen molar-refractivity contribution in [3.05, 3.63) is 53.6 Å². The summed E-state index contributed by atoms with van der Waals surface area (Å²) in [5.41, 5.74) is 3.53. The van der Waals surface area contributed by atoms with E-state index >= 15 is 0 Å². The molecule has 5 nitrogen and oxygen atoms in total. The Morgan fingerprint density at radius 2 is 1.57 bits per heavy atom. The second-order valence-electron chi connectivity index (χ2n) is 7.48. The lowest BCUT2D eigenvalue weighted by Crippen LogP contribution is -2.49. The van der Waals surface area contributed by atoms with E-state index in [1.54, 1.807) is 14.2 Å². The summed E-state index contributed by atoms with van der Waals surface area (Å²) in [5, 5.41) is 0. The molecule has 0 unspecified atom stereocenters. The van der Waals surface area contributed by atoms with Crippen molar-refractivity contribution in [3.8, 4) is 11.5 Å². The van der Waals surface area contributed by atoms with Gasteiger partial charge in [-0.2, -0.15) is 0 Å². The molecule has 2 aromatic carbocycles. The van der Waals surface area contributed by atoms with Gasteiger partial charge in [0.25, 0.3) is 0 Å². The van der Waals surface area contributed by atoms with Crippen LogP contribution in [-0.2, 0) is 11.2 Å². The monoisotopic (exact) mass is 382 g/mol. The first-order valence-corrected chi connectivity index (χ1v) is 9.85. The molecule has 5 heteroatoms. The van der Waals surface area contributed by atoms with Gasteiger partial charge in [0.2, 0.25) is 5.91 Å². The number of benzene rings is 2. The van der Waals surface area contributed by atoms with E-state index in [-0.39, 0.29) is 5.91 Å². The number of amides is 1. The number of rotatable bonds is 6. The van der Waals surface area contributed by atoms with E-state index in [9.17, 15) is 4.79 Å². The Morgan fingerprint density at radius 1 is 0.929 bits per heavy atom. The number of ether oxygens (including phenoxy) is 2. The molecule has 28 heavy (non-hydrogen) atoms. The SMILES string of the molecule is COc1ccc(CC(=O)N2CCN(c3ccc(C(C)C)cc3)CC2)cc1OC. The van der Waals surface area contributed by atoms with Crippen molar-refractivity contribution in [3.63, 3.8) is 0 Å². The van der Waals surface area contributed by atoms with Crippen molar-refractivity contribution in [1.82, 2.24) is 4.90 Å². The quantitative estimate of drug-likeness (QED) is 0.764. The highest BCUT2D eigenvalue weighted by molar-refractivity contribution is 5.79. The van der Waals surface area contributed by atoms with Crippen LogP contribution in [0.3, 0.4) is 0 Å². The van der Waals surface area contributed by atoms with Crippen LogP contribution in [0.4, 0.5) is 5.69 Å². The van der Waals surface area contributed by atoms with Gasteiger partial charge in [0.05, 0.1) is 20.6 Å². The predicted molar refractivity (Wildman–Crippen MR) is 113 cm³/mol. The molecule has 1 fully saturated rings. The summed E-state index contributed by atoms with van der Waals surface area (Å²) in [4.78, 5) is 17.0. The highest BCUT2D eigenvalue weighted by atomic mass is 16.5. The average Bonchev–Trinajstić information content (AvgIpc) is 2.73. The Labute approximate surface area is 167 Å². The van der Waals surface area contributed by atoms with Gasteiger partial charge in [-0.05, 0) is 41.3 Å². The van der Waals surface area contributed by atoms with E-state index in [0.29, 0.717) is 23.8 Å². The lowest BCUT2D eigenvalue weighted by atomic mass is 10.0. The van der Waals surface area contributed by atoms with Crippen molar-refractivity contribution in [2.75, 3.05) is 45.3 Å². The maximum Gasteiger partial charge on any atom is 0.227 e. The molecule has 0 aromatic heterocycles. The Morgan fingerprint density at radius 3 is 2.14 bits per heavy atom. The fraction of sp³-hybridized carbons (Fsp3) is 0.435. The Bertz CT molecular complexity index is 794. The zero-order valence-corrected chi connectivity index (χ0v) is 17.3. The van der Waals surface area contributed by atoms with Gasteiger partial charge >= 0.3 is 0 Å². The summed E-state index contributed by atoms with van der Waals surface area (Å²) in [6.07, 6.45) is 0.378. The lowest BCUT2D eigenvalue weighted by molar-refractivity contribution is -0.130. The van der Waals surface area contributed by atoms with Crippen LogP contribution in [0.5, 0.6) is 11.5 Å². The van der Waals surface area contributed by atoms with Crippen LogP contribution in [0.1, 0.15) is 30.9 Å². The molecule has 1 heterocycles. The number of carbonyl (C=O) groups is 1. The average molecular weight is 383 g/mol. The third-order valence-electron chi connectivity index (χ3n) is 5.36. The zero-order valence-electron chi connectivity index (χ0n) is 17.3. The van der Waals surface area contributed by atoms with Crippen LogP contribution in [0.15, 0.2) is 42.5 Å². The van der Waals surface area contributed by atoms with Gasteiger partial charge in [-0.25, -0.2) is 0 Å². The minimum atomic E-state index is 0.155. The smallest absolute Gasteiger partial charge is 0.227 e. The minimum Gasteiger partial charge on any atom is -0.493 e. The van der Waals surface area contributed by atoms with Gasteiger partial charge in [-0.15, -0.1) is 0 Å². The normalized spacial score (nSPS) is 14.3. The summed E-state index contributed by atoms with van der Waals surface area (Å²) in [5.74, 6) is 2.03. The van der Waals surface area contributed by atoms with Crippen LogP contribution in [-0.4, -0.2) is 51.2 Å². The summed E-state index contributed by atoms with van der Waals surface area (Å²) in [6.45, 7) is 7.63. The number of anilines is 1. The largest absolute Gasteiger partial charge is 0.493 e. The fourth-order valence-corrected chi connectivity index (χ4v) is 3.56. The van der Waals surface area contributed by atoms with E-state index in [2.05, 4.69) is 43.0 Å². The summed E-state index contributed by atoms with van der Waals surface area (Å²) in [7, 11) is 3.22. The molecule has 0 spiro atoms. The van der Waals surface area contributed by atoms with Gasteiger partial charge < -0.3 is 19.3 Å². The van der Waals surface area contributed by atoms with Crippen LogP contribution in [0.25, 0.3) is 0 Å². The van der Waals surface area contributed by atoms with Gasteiger partial charge in [-0.1, -0.05) is 32.0 Å². The topological polar surface area (TPSA) is 42.0 Å². The van der Waals surface area contributed by atoms with E-state index in [4.69, 9.17) is 9.47 Å². The van der Waals surface area contributed by atoms with Gasteiger partial charge in [-0.3, -0.25) is 4.79 Å². The molecule has 150 valence electrons. The number of hydrogen-bond acceptors (Lipinski definition) is 4. The summed E-state index contributed by atoms with van der Waals surface area (Å²) < 4.78 is 10.6. The van der Waals surface area contributed by atoms with Crippen molar-refractivity contribution in [2.45, 2.75) is 26.2 Å². The second kappa shape index (κ2) is 9.00. The predicted octanol–water partition coefficient (Wildman–Crippen LogP) is 3.72. The number of methoxy groups -OCH3 is 2. The first-order valence-electron chi connectivity index (χ1n) is 9.85. The van der Waals surface area contributed by atoms with Crippen molar-refractivity contribution >= 4 is 11.6 Å². The van der Waals surface area contributed by atoms with E-state index < -0.39 is 0 Å². The number of hydrogen-bond donors (Lipinski definition) is 0. The summed E-state index contributed by atoms with van der Waals surface area (Å²) in [6, 6.07) is 14.4. The lowest BCUT2D eigenvalue weighted by Gasteiger charge is -2.36. The Balaban J connectivity index is 1.56. The van der Waals surface area contributed by atoms with E-state index in [1.165, 1.54) is 11.3 Å². The highest BCUT2D eigenvalue weighted by Crippen LogP contribution is 2.28. The van der Waals surface area contributed by atoms with Gasteiger partial charge in [0.1, 0.15) is 0 Å². The van der Waals surface area contributed by atoms with Crippen molar-refractivity contribution in [1.29, 1.82) is 0 Å². The second-order valence-corrected chi connectivity index (χ2v) is 7.48. The molecule has 0 N–H and O–H groups in total. The number of piperazine rings is 1. The molecule has 1 saturated heterocycles. The molecule has 0 saturated carbocycles. The Kier molecular flexibility index (Phi) is 6.45. The molecule has 0 atom stereocenters. The molecule has 0 aliphatic carbocycles. The van der Waals surface area contributed by atoms with Crippen molar-refractivity contribution in [2.24, 2.45) is 0 Å². The van der Waals surface area contributed by atoms with Crippen LogP contribution < -0.4 is 14.4 Å². The summed E-state index contributed by atoms with van der Waals surface area (Å²) >= 11 is 0. The molecule has 1 amide bonds. The molecular formula is C23H30N2O3. The maximum atomic E-state index is 12.7. The van der Waals surface area contributed by atoms with Crippen molar-refractivity contribution < 1.29 is 14.3 Å².